The minimum atomic E-state index is -0.310. The molecule has 0 aromatic heterocycles. The highest BCUT2D eigenvalue weighted by Gasteiger charge is 2.18. The lowest BCUT2D eigenvalue weighted by Crippen LogP contribution is -2.38. The number of methoxy groups -OCH3 is 1. The van der Waals surface area contributed by atoms with Crippen LogP contribution in [0.2, 0.25) is 0 Å². The number of hydrogen-bond acceptors (Lipinski definition) is 3. The molecule has 0 spiro atoms. The molecule has 1 aromatic carbocycles. The first-order chi connectivity index (χ1) is 9.42. The van der Waals surface area contributed by atoms with E-state index in [1.165, 1.54) is 0 Å². The van der Waals surface area contributed by atoms with E-state index in [4.69, 9.17) is 9.47 Å². The van der Waals surface area contributed by atoms with Gasteiger partial charge < -0.3 is 14.4 Å². The van der Waals surface area contributed by atoms with Gasteiger partial charge in [0.15, 0.2) is 0 Å². The summed E-state index contributed by atoms with van der Waals surface area (Å²) >= 11 is 0. The number of rotatable bonds is 7. The lowest BCUT2D eigenvalue weighted by atomic mass is 10.2. The van der Waals surface area contributed by atoms with Crippen LogP contribution < -0.4 is 0 Å². The van der Waals surface area contributed by atoms with Crippen molar-refractivity contribution in [3.63, 3.8) is 0 Å². The van der Waals surface area contributed by atoms with Crippen molar-refractivity contribution in [1.29, 1.82) is 0 Å². The fourth-order valence-electron chi connectivity index (χ4n) is 1.67. The van der Waals surface area contributed by atoms with Crippen LogP contribution in [0.15, 0.2) is 30.3 Å². The van der Waals surface area contributed by atoms with E-state index in [1.54, 1.807) is 12.0 Å². The van der Waals surface area contributed by atoms with E-state index >= 15 is 0 Å². The Bertz CT molecular complexity index is 398. The molecule has 0 heterocycles. The molecule has 1 rings (SSSR count). The van der Waals surface area contributed by atoms with Crippen molar-refractivity contribution in [1.82, 2.24) is 4.90 Å². The largest absolute Gasteiger partial charge is 0.383 e. The first-order valence-corrected chi connectivity index (χ1v) is 6.87. The van der Waals surface area contributed by atoms with E-state index < -0.39 is 0 Å². The average Bonchev–Trinajstić information content (AvgIpc) is 2.41. The lowest BCUT2D eigenvalue weighted by Gasteiger charge is -2.25. The molecule has 20 heavy (non-hydrogen) atoms. The maximum atomic E-state index is 12.2. The summed E-state index contributed by atoms with van der Waals surface area (Å²) in [6, 6.07) is 9.93. The van der Waals surface area contributed by atoms with Crippen LogP contribution in [0.5, 0.6) is 0 Å². The molecule has 0 saturated heterocycles. The molecule has 0 N–H and O–H groups in total. The molecule has 112 valence electrons. The zero-order valence-electron chi connectivity index (χ0n) is 12.9. The van der Waals surface area contributed by atoms with Crippen LogP contribution in [-0.2, 0) is 20.8 Å². The SMILES string of the molecule is COCCN(Cc1ccccc1)C(=O)COC(C)(C)C. The maximum Gasteiger partial charge on any atom is 0.248 e. The lowest BCUT2D eigenvalue weighted by molar-refractivity contribution is -0.142. The van der Waals surface area contributed by atoms with Crippen molar-refractivity contribution in [3.05, 3.63) is 35.9 Å². The summed E-state index contributed by atoms with van der Waals surface area (Å²) in [4.78, 5) is 14.0. The standard InChI is InChI=1S/C16H25NO3/c1-16(2,3)20-13-15(18)17(10-11-19-4)12-14-8-6-5-7-9-14/h5-9H,10-13H2,1-4H3. The average molecular weight is 279 g/mol. The molecule has 0 saturated carbocycles. The van der Waals surface area contributed by atoms with Gasteiger partial charge in [0.2, 0.25) is 5.91 Å². The van der Waals surface area contributed by atoms with Crippen LogP contribution in [0, 0.1) is 0 Å². The van der Waals surface area contributed by atoms with Gasteiger partial charge in [0.05, 0.1) is 12.2 Å². The van der Waals surface area contributed by atoms with Crippen molar-refractivity contribution < 1.29 is 14.3 Å². The number of ether oxygens (including phenoxy) is 2. The minimum absolute atomic E-state index is 0.0131. The van der Waals surface area contributed by atoms with Gasteiger partial charge >= 0.3 is 0 Å². The minimum Gasteiger partial charge on any atom is -0.383 e. The van der Waals surface area contributed by atoms with Crippen molar-refractivity contribution in [2.75, 3.05) is 26.9 Å². The second kappa shape index (κ2) is 8.02. The van der Waals surface area contributed by atoms with Gasteiger partial charge in [-0.1, -0.05) is 30.3 Å². The van der Waals surface area contributed by atoms with E-state index in [9.17, 15) is 4.79 Å². The number of nitrogens with zero attached hydrogens (tertiary/aromatic N) is 1. The molecule has 0 aliphatic carbocycles. The highest BCUT2D eigenvalue weighted by atomic mass is 16.5. The Hall–Kier alpha value is -1.39. The Morgan fingerprint density at radius 1 is 1.20 bits per heavy atom. The van der Waals surface area contributed by atoms with E-state index in [1.807, 2.05) is 51.1 Å². The third kappa shape index (κ3) is 6.68. The summed E-state index contributed by atoms with van der Waals surface area (Å²) in [6.45, 7) is 7.59. The quantitative estimate of drug-likeness (QED) is 0.769. The summed E-state index contributed by atoms with van der Waals surface area (Å²) in [7, 11) is 1.64. The van der Waals surface area contributed by atoms with Gasteiger partial charge in [0.25, 0.3) is 0 Å². The van der Waals surface area contributed by atoms with E-state index in [0.717, 1.165) is 5.56 Å². The Balaban J connectivity index is 2.61. The highest BCUT2D eigenvalue weighted by Crippen LogP contribution is 2.09. The van der Waals surface area contributed by atoms with Gasteiger partial charge in [-0.05, 0) is 26.3 Å². The second-order valence-electron chi connectivity index (χ2n) is 5.69. The number of carbonyl (C=O) groups is 1. The molecule has 0 radical (unpaired) electrons. The Labute approximate surface area is 121 Å². The van der Waals surface area contributed by atoms with Crippen LogP contribution in [0.1, 0.15) is 26.3 Å². The number of hydrogen-bond donors (Lipinski definition) is 0. The molecule has 4 heteroatoms. The maximum absolute atomic E-state index is 12.2. The topological polar surface area (TPSA) is 38.8 Å². The monoisotopic (exact) mass is 279 g/mol. The van der Waals surface area contributed by atoms with Crippen molar-refractivity contribution in [2.24, 2.45) is 0 Å². The van der Waals surface area contributed by atoms with Crippen LogP contribution in [-0.4, -0.2) is 43.3 Å². The van der Waals surface area contributed by atoms with Gasteiger partial charge in [-0.3, -0.25) is 4.79 Å². The number of benzene rings is 1. The van der Waals surface area contributed by atoms with Gasteiger partial charge in [-0.2, -0.15) is 0 Å². The predicted molar refractivity (Wildman–Crippen MR) is 79.4 cm³/mol. The molecule has 0 unspecified atom stereocenters. The van der Waals surface area contributed by atoms with Crippen molar-refractivity contribution >= 4 is 5.91 Å². The summed E-state index contributed by atoms with van der Waals surface area (Å²) in [6.07, 6.45) is 0. The van der Waals surface area contributed by atoms with Crippen LogP contribution in [0.4, 0.5) is 0 Å². The first kappa shape index (κ1) is 16.7. The molecule has 1 amide bonds. The first-order valence-electron chi connectivity index (χ1n) is 6.87. The van der Waals surface area contributed by atoms with Crippen LogP contribution in [0.25, 0.3) is 0 Å². The molecule has 0 aliphatic rings. The van der Waals surface area contributed by atoms with Crippen molar-refractivity contribution in [2.45, 2.75) is 32.9 Å². The molecule has 0 atom stereocenters. The summed E-state index contributed by atoms with van der Waals surface area (Å²) in [5.41, 5.74) is 0.794. The molecular weight excluding hydrogens is 254 g/mol. The van der Waals surface area contributed by atoms with E-state index in [2.05, 4.69) is 0 Å². The Morgan fingerprint density at radius 2 is 1.85 bits per heavy atom. The fraction of sp³-hybridized carbons (Fsp3) is 0.562. The second-order valence-corrected chi connectivity index (χ2v) is 5.69. The van der Waals surface area contributed by atoms with Gasteiger partial charge in [0.1, 0.15) is 6.61 Å². The number of amides is 1. The van der Waals surface area contributed by atoms with Gasteiger partial charge in [-0.25, -0.2) is 0 Å². The number of carbonyl (C=O) groups excluding carboxylic acids is 1. The summed E-state index contributed by atoms with van der Waals surface area (Å²) < 4.78 is 10.6. The third-order valence-electron chi connectivity index (χ3n) is 2.76. The molecular formula is C16H25NO3. The Morgan fingerprint density at radius 3 is 2.40 bits per heavy atom. The van der Waals surface area contributed by atoms with Gasteiger partial charge in [0, 0.05) is 20.2 Å². The fourth-order valence-corrected chi connectivity index (χ4v) is 1.67. The Kier molecular flexibility index (Phi) is 6.68. The van der Waals surface area contributed by atoms with E-state index in [0.29, 0.717) is 19.7 Å². The predicted octanol–water partition coefficient (Wildman–Crippen LogP) is 2.48. The highest BCUT2D eigenvalue weighted by molar-refractivity contribution is 5.77. The smallest absolute Gasteiger partial charge is 0.248 e. The molecule has 1 aromatic rings. The summed E-state index contributed by atoms with van der Waals surface area (Å²) in [5, 5.41) is 0. The zero-order valence-corrected chi connectivity index (χ0v) is 12.9. The third-order valence-corrected chi connectivity index (χ3v) is 2.76. The molecule has 0 aliphatic heterocycles. The normalized spacial score (nSPS) is 11.4. The zero-order chi connectivity index (χ0) is 15.0. The van der Waals surface area contributed by atoms with Gasteiger partial charge in [-0.15, -0.1) is 0 Å². The van der Waals surface area contributed by atoms with Crippen LogP contribution in [0.3, 0.4) is 0 Å². The van der Waals surface area contributed by atoms with E-state index in [-0.39, 0.29) is 18.1 Å². The molecule has 0 bridgehead atoms. The molecule has 0 fully saturated rings. The summed E-state index contributed by atoms with van der Waals surface area (Å²) in [5.74, 6) is -0.0131. The van der Waals surface area contributed by atoms with Crippen molar-refractivity contribution in [3.8, 4) is 0 Å². The molecule has 4 nitrogen and oxygen atoms in total. The van der Waals surface area contributed by atoms with Crippen LogP contribution >= 0.6 is 0 Å².